The molecule has 0 aliphatic heterocycles. The van der Waals surface area contributed by atoms with Gasteiger partial charge in [-0.2, -0.15) is 0 Å². The third-order valence-electron chi connectivity index (χ3n) is 13.4. The Kier molecular flexibility index (Phi) is 54.1. The molecule has 0 aromatic heterocycles. The fourth-order valence-corrected chi connectivity index (χ4v) is 8.90. The Balaban J connectivity index is 3.45. The van der Waals surface area contributed by atoms with Gasteiger partial charge in [0.25, 0.3) is 0 Å². The minimum Gasteiger partial charge on any atom is -0.466 e. The number of unbranched alkanes of at least 4 members (excludes halogenated alkanes) is 37. The van der Waals surface area contributed by atoms with E-state index in [2.05, 4.69) is 55.6 Å². The molecule has 0 rings (SSSR count). The first-order chi connectivity index (χ1) is 32.5. The van der Waals surface area contributed by atoms with Gasteiger partial charge in [-0.15, -0.1) is 0 Å². The summed E-state index contributed by atoms with van der Waals surface area (Å²) in [5.74, 6) is -0.0561. The standard InChI is InChI=1S/C60H113NO5/c1-3-5-7-9-11-13-15-17-19-20-23-26-30-34-38-42-46-50-54-60(65)66-55-51-47-43-39-35-31-27-24-21-22-25-29-33-37-41-45-49-53-59(64)61-57(56-62)58(63)52-48-44-40-36-32-28-18-16-14-12-10-8-6-4-2/h13,15,19-21,24,57-58,62-63H,3-12,14,16-18,22-23,25-56H2,1-2H3,(H,61,64)/b15-13-,20-19-,24-21-. The van der Waals surface area contributed by atoms with Gasteiger partial charge in [-0.1, -0.05) is 249 Å². The maximum absolute atomic E-state index is 12.5. The van der Waals surface area contributed by atoms with Crippen molar-refractivity contribution in [1.29, 1.82) is 0 Å². The lowest BCUT2D eigenvalue weighted by Gasteiger charge is -2.22. The topological polar surface area (TPSA) is 95.9 Å². The number of esters is 1. The van der Waals surface area contributed by atoms with Gasteiger partial charge in [0.15, 0.2) is 0 Å². The highest BCUT2D eigenvalue weighted by Gasteiger charge is 2.20. The Morgan fingerprint density at radius 3 is 1.18 bits per heavy atom. The zero-order valence-corrected chi connectivity index (χ0v) is 44.2. The van der Waals surface area contributed by atoms with Crippen molar-refractivity contribution in [2.24, 2.45) is 0 Å². The quantitative estimate of drug-likeness (QED) is 0.0321. The molecule has 0 aliphatic carbocycles. The summed E-state index contributed by atoms with van der Waals surface area (Å²) in [6.45, 7) is 4.92. The Morgan fingerprint density at radius 2 is 0.758 bits per heavy atom. The number of nitrogens with one attached hydrogen (secondary N) is 1. The number of rotatable bonds is 54. The number of amides is 1. The summed E-state index contributed by atoms with van der Waals surface area (Å²) in [6, 6.07) is -0.551. The van der Waals surface area contributed by atoms with Crippen LogP contribution in [0.25, 0.3) is 0 Å². The molecule has 1 amide bonds. The summed E-state index contributed by atoms with van der Waals surface area (Å²) in [7, 11) is 0. The predicted molar refractivity (Wildman–Crippen MR) is 287 cm³/mol. The van der Waals surface area contributed by atoms with Crippen LogP contribution in [0.15, 0.2) is 36.5 Å². The van der Waals surface area contributed by atoms with Crippen LogP contribution in [0.5, 0.6) is 0 Å². The van der Waals surface area contributed by atoms with Crippen LogP contribution < -0.4 is 5.32 Å². The molecule has 0 aromatic rings. The highest BCUT2D eigenvalue weighted by atomic mass is 16.5. The fraction of sp³-hybridized carbons (Fsp3) is 0.867. The van der Waals surface area contributed by atoms with E-state index in [9.17, 15) is 19.8 Å². The third-order valence-corrected chi connectivity index (χ3v) is 13.4. The Bertz CT molecular complexity index is 1070. The summed E-state index contributed by atoms with van der Waals surface area (Å²) < 4.78 is 5.48. The molecule has 0 heterocycles. The maximum Gasteiger partial charge on any atom is 0.305 e. The number of hydrogen-bond acceptors (Lipinski definition) is 5. The van der Waals surface area contributed by atoms with Crippen LogP contribution in [0.1, 0.15) is 309 Å². The van der Waals surface area contributed by atoms with Gasteiger partial charge in [-0.3, -0.25) is 9.59 Å². The molecule has 6 heteroatoms. The fourth-order valence-electron chi connectivity index (χ4n) is 8.90. The van der Waals surface area contributed by atoms with Crippen molar-refractivity contribution in [3.05, 3.63) is 36.5 Å². The summed E-state index contributed by atoms with van der Waals surface area (Å²) in [5.41, 5.74) is 0. The van der Waals surface area contributed by atoms with Crippen molar-refractivity contribution >= 4 is 11.9 Å². The van der Waals surface area contributed by atoms with E-state index in [0.717, 1.165) is 64.2 Å². The minimum atomic E-state index is -0.672. The Morgan fingerprint density at radius 1 is 0.424 bits per heavy atom. The van der Waals surface area contributed by atoms with Crippen LogP contribution in [-0.4, -0.2) is 47.4 Å². The largest absolute Gasteiger partial charge is 0.466 e. The highest BCUT2D eigenvalue weighted by molar-refractivity contribution is 5.76. The van der Waals surface area contributed by atoms with Crippen LogP contribution in [-0.2, 0) is 14.3 Å². The lowest BCUT2D eigenvalue weighted by molar-refractivity contribution is -0.143. The number of aliphatic hydroxyl groups excluding tert-OH is 2. The smallest absolute Gasteiger partial charge is 0.305 e. The molecule has 6 nitrogen and oxygen atoms in total. The number of allylic oxidation sites excluding steroid dienone is 6. The first kappa shape index (κ1) is 64.1. The summed E-state index contributed by atoms with van der Waals surface area (Å²) in [5, 5.41) is 23.2. The molecule has 3 N–H and O–H groups in total. The summed E-state index contributed by atoms with van der Waals surface area (Å²) in [4.78, 5) is 24.5. The van der Waals surface area contributed by atoms with E-state index in [4.69, 9.17) is 4.74 Å². The highest BCUT2D eigenvalue weighted by Crippen LogP contribution is 2.16. The molecule has 0 radical (unpaired) electrons. The van der Waals surface area contributed by atoms with Gasteiger partial charge < -0.3 is 20.3 Å². The van der Waals surface area contributed by atoms with E-state index in [0.29, 0.717) is 25.9 Å². The van der Waals surface area contributed by atoms with Gasteiger partial charge >= 0.3 is 5.97 Å². The van der Waals surface area contributed by atoms with Gasteiger partial charge in [0.05, 0.1) is 25.4 Å². The molecule has 0 aliphatic rings. The van der Waals surface area contributed by atoms with E-state index >= 15 is 0 Å². The first-order valence-corrected chi connectivity index (χ1v) is 29.2. The van der Waals surface area contributed by atoms with Gasteiger partial charge in [0.2, 0.25) is 5.91 Å². The molecule has 2 atom stereocenters. The zero-order chi connectivity index (χ0) is 47.9. The van der Waals surface area contributed by atoms with Gasteiger partial charge in [-0.05, 0) is 83.5 Å². The van der Waals surface area contributed by atoms with Crippen molar-refractivity contribution in [3.8, 4) is 0 Å². The van der Waals surface area contributed by atoms with E-state index in [-0.39, 0.29) is 18.5 Å². The molecule has 0 saturated carbocycles. The predicted octanol–water partition coefficient (Wildman–Crippen LogP) is 18.0. The van der Waals surface area contributed by atoms with Crippen molar-refractivity contribution in [2.75, 3.05) is 13.2 Å². The van der Waals surface area contributed by atoms with E-state index in [1.165, 1.54) is 212 Å². The van der Waals surface area contributed by atoms with Crippen molar-refractivity contribution in [1.82, 2.24) is 5.32 Å². The normalized spacial score (nSPS) is 12.8. The minimum absolute atomic E-state index is 0.00918. The first-order valence-electron chi connectivity index (χ1n) is 29.2. The average Bonchev–Trinajstić information content (AvgIpc) is 3.32. The summed E-state index contributed by atoms with van der Waals surface area (Å²) in [6.07, 6.45) is 68.4. The second-order valence-electron chi connectivity index (χ2n) is 20.0. The molecule has 0 bridgehead atoms. The van der Waals surface area contributed by atoms with Gasteiger partial charge in [0.1, 0.15) is 0 Å². The lowest BCUT2D eigenvalue weighted by Crippen LogP contribution is -2.45. The second-order valence-corrected chi connectivity index (χ2v) is 20.0. The Hall–Kier alpha value is -1.92. The molecule has 66 heavy (non-hydrogen) atoms. The number of carbonyl (C=O) groups is 2. The number of ether oxygens (including phenoxy) is 1. The van der Waals surface area contributed by atoms with Crippen molar-refractivity contribution in [2.45, 2.75) is 321 Å². The average molecular weight is 929 g/mol. The van der Waals surface area contributed by atoms with Gasteiger partial charge in [-0.25, -0.2) is 0 Å². The van der Waals surface area contributed by atoms with Crippen LogP contribution in [0, 0.1) is 0 Å². The van der Waals surface area contributed by atoms with E-state index in [1.807, 2.05) is 0 Å². The van der Waals surface area contributed by atoms with Crippen LogP contribution in [0.4, 0.5) is 0 Å². The maximum atomic E-state index is 12.5. The molecule has 2 unspecified atom stereocenters. The van der Waals surface area contributed by atoms with E-state index in [1.54, 1.807) is 0 Å². The van der Waals surface area contributed by atoms with Crippen LogP contribution >= 0.6 is 0 Å². The van der Waals surface area contributed by atoms with Crippen LogP contribution in [0.2, 0.25) is 0 Å². The van der Waals surface area contributed by atoms with E-state index < -0.39 is 12.1 Å². The third kappa shape index (κ3) is 51.5. The Labute approximate surface area is 411 Å². The van der Waals surface area contributed by atoms with Crippen molar-refractivity contribution < 1.29 is 24.5 Å². The van der Waals surface area contributed by atoms with Crippen molar-refractivity contribution in [3.63, 3.8) is 0 Å². The number of hydrogen-bond donors (Lipinski definition) is 3. The molecule has 0 spiro atoms. The molecule has 0 fully saturated rings. The van der Waals surface area contributed by atoms with Crippen LogP contribution in [0.3, 0.4) is 0 Å². The SMILES string of the molecule is CCCCCC/C=C\C/C=C\CCCCCCCCCC(=O)OCCCCCCCC/C=C\CCCCCCCCCC(=O)NC(CO)C(O)CCCCCCCCCCCCCCCC. The molecule has 388 valence electrons. The van der Waals surface area contributed by atoms with Gasteiger partial charge in [0, 0.05) is 12.8 Å². The zero-order valence-electron chi connectivity index (χ0n) is 44.2. The summed E-state index contributed by atoms with van der Waals surface area (Å²) >= 11 is 0. The molecular weight excluding hydrogens is 815 g/mol. The molecular formula is C60H113NO5. The monoisotopic (exact) mass is 928 g/mol. The second kappa shape index (κ2) is 55.7. The number of aliphatic hydroxyl groups is 2. The number of carbonyl (C=O) groups excluding carboxylic acids is 2. The lowest BCUT2D eigenvalue weighted by atomic mass is 10.0. The molecule has 0 saturated heterocycles. The molecule has 0 aromatic carbocycles.